The highest BCUT2D eigenvalue weighted by molar-refractivity contribution is 6.30. The molecule has 0 fully saturated rings. The third-order valence-corrected chi connectivity index (χ3v) is 4.33. The first-order chi connectivity index (χ1) is 14.0. The van der Waals surface area contributed by atoms with Gasteiger partial charge in [-0.05, 0) is 60.9 Å². The highest BCUT2D eigenvalue weighted by Gasteiger charge is 2.06. The molecule has 0 heterocycles. The Morgan fingerprint density at radius 1 is 1.10 bits per heavy atom. The van der Waals surface area contributed by atoms with Crippen molar-refractivity contribution < 1.29 is 19.0 Å². The van der Waals surface area contributed by atoms with E-state index in [1.54, 1.807) is 31.4 Å². The molecule has 1 amide bonds. The highest BCUT2D eigenvalue weighted by atomic mass is 35.5. The lowest BCUT2D eigenvalue weighted by molar-refractivity contribution is -0.123. The molecule has 29 heavy (non-hydrogen) atoms. The zero-order valence-corrected chi connectivity index (χ0v) is 17.8. The van der Waals surface area contributed by atoms with Crippen molar-refractivity contribution in [3.05, 3.63) is 52.5 Å². The van der Waals surface area contributed by atoms with Gasteiger partial charge in [0.25, 0.3) is 5.91 Å². The minimum absolute atomic E-state index is 0.145. The van der Waals surface area contributed by atoms with Crippen LogP contribution in [0.4, 0.5) is 0 Å². The summed E-state index contributed by atoms with van der Waals surface area (Å²) in [5.41, 5.74) is 4.07. The summed E-state index contributed by atoms with van der Waals surface area (Å²) in [6, 6.07) is 10.7. The number of carbonyl (C=O) groups is 1. The molecular formula is C22H27ClN2O4. The third-order valence-electron chi connectivity index (χ3n) is 4.09. The van der Waals surface area contributed by atoms with E-state index in [0.717, 1.165) is 30.4 Å². The number of hydrazone groups is 1. The summed E-state index contributed by atoms with van der Waals surface area (Å²) < 4.78 is 16.6. The zero-order chi connectivity index (χ0) is 21.1. The minimum atomic E-state index is -0.363. The fourth-order valence-corrected chi connectivity index (χ4v) is 2.77. The van der Waals surface area contributed by atoms with Gasteiger partial charge < -0.3 is 14.2 Å². The van der Waals surface area contributed by atoms with Gasteiger partial charge in [-0.3, -0.25) is 4.79 Å². The average Bonchev–Trinajstić information content (AvgIpc) is 2.71. The van der Waals surface area contributed by atoms with E-state index in [1.165, 1.54) is 6.21 Å². The molecule has 0 unspecified atom stereocenters. The smallest absolute Gasteiger partial charge is 0.277 e. The summed E-state index contributed by atoms with van der Waals surface area (Å²) in [4.78, 5) is 11.9. The quantitative estimate of drug-likeness (QED) is 0.324. The lowest BCUT2D eigenvalue weighted by Gasteiger charge is -2.11. The fraction of sp³-hybridized carbons (Fsp3) is 0.364. The van der Waals surface area contributed by atoms with Crippen molar-refractivity contribution in [3.63, 3.8) is 0 Å². The van der Waals surface area contributed by atoms with Gasteiger partial charge in [-0.1, -0.05) is 31.4 Å². The largest absolute Gasteiger partial charge is 0.493 e. The second-order valence-corrected chi connectivity index (χ2v) is 6.89. The normalized spacial score (nSPS) is 10.8. The van der Waals surface area contributed by atoms with Crippen LogP contribution in [0.3, 0.4) is 0 Å². The van der Waals surface area contributed by atoms with Crippen LogP contribution in [0.1, 0.15) is 37.3 Å². The van der Waals surface area contributed by atoms with E-state index in [1.807, 2.05) is 19.1 Å². The van der Waals surface area contributed by atoms with E-state index >= 15 is 0 Å². The number of benzene rings is 2. The van der Waals surface area contributed by atoms with Crippen molar-refractivity contribution in [2.24, 2.45) is 5.10 Å². The molecule has 1 N–H and O–H groups in total. The number of aryl methyl sites for hydroxylation is 1. The number of carbonyl (C=O) groups excluding carboxylic acids is 1. The number of unbranched alkanes of at least 4 members (excludes halogenated alkanes) is 2. The number of methoxy groups -OCH3 is 1. The van der Waals surface area contributed by atoms with Gasteiger partial charge in [-0.25, -0.2) is 5.43 Å². The van der Waals surface area contributed by atoms with Crippen molar-refractivity contribution in [2.75, 3.05) is 20.3 Å². The van der Waals surface area contributed by atoms with Gasteiger partial charge in [-0.15, -0.1) is 0 Å². The Hall–Kier alpha value is -2.73. The Labute approximate surface area is 176 Å². The summed E-state index contributed by atoms with van der Waals surface area (Å²) in [6.07, 6.45) is 4.82. The predicted octanol–water partition coefficient (Wildman–Crippen LogP) is 4.76. The minimum Gasteiger partial charge on any atom is -0.493 e. The molecule has 0 aliphatic rings. The molecule has 2 aromatic rings. The van der Waals surface area contributed by atoms with Crippen LogP contribution in [-0.4, -0.2) is 32.4 Å². The number of nitrogens with one attached hydrogen (secondary N) is 1. The maximum absolute atomic E-state index is 11.9. The highest BCUT2D eigenvalue weighted by Crippen LogP contribution is 2.27. The molecule has 2 rings (SSSR count). The first-order valence-electron chi connectivity index (χ1n) is 9.55. The van der Waals surface area contributed by atoms with E-state index in [2.05, 4.69) is 17.5 Å². The van der Waals surface area contributed by atoms with Crippen LogP contribution in [-0.2, 0) is 4.79 Å². The molecule has 156 valence electrons. The first-order valence-corrected chi connectivity index (χ1v) is 9.93. The molecular weight excluding hydrogens is 392 g/mol. The molecule has 0 spiro atoms. The molecule has 0 bridgehead atoms. The Morgan fingerprint density at radius 2 is 1.90 bits per heavy atom. The second-order valence-electron chi connectivity index (χ2n) is 6.46. The van der Waals surface area contributed by atoms with Gasteiger partial charge >= 0.3 is 0 Å². The van der Waals surface area contributed by atoms with Crippen molar-refractivity contribution in [3.8, 4) is 17.2 Å². The van der Waals surface area contributed by atoms with E-state index in [-0.39, 0.29) is 12.5 Å². The predicted molar refractivity (Wildman–Crippen MR) is 115 cm³/mol. The Morgan fingerprint density at radius 3 is 2.62 bits per heavy atom. The summed E-state index contributed by atoms with van der Waals surface area (Å²) in [5.74, 6) is 1.56. The average molecular weight is 419 g/mol. The van der Waals surface area contributed by atoms with Crippen LogP contribution >= 0.6 is 11.6 Å². The molecule has 0 aliphatic carbocycles. The standard InChI is InChI=1S/C22H27ClN2O4/c1-4-5-6-11-28-20-9-7-17(13-21(20)27-3)14-24-25-22(26)15-29-19-10-8-18(23)12-16(19)2/h7-10,12-14H,4-6,11,15H2,1-3H3,(H,25,26). The molecule has 0 saturated carbocycles. The van der Waals surface area contributed by atoms with Gasteiger partial charge in [0, 0.05) is 5.02 Å². The molecule has 0 aliphatic heterocycles. The van der Waals surface area contributed by atoms with Gasteiger partial charge in [0.1, 0.15) is 5.75 Å². The number of hydrogen-bond acceptors (Lipinski definition) is 5. The summed E-state index contributed by atoms with van der Waals surface area (Å²) in [5, 5.41) is 4.58. The number of hydrogen-bond donors (Lipinski definition) is 1. The second kappa shape index (κ2) is 12.0. The first kappa shape index (κ1) is 22.6. The molecule has 0 atom stereocenters. The van der Waals surface area contributed by atoms with Crippen molar-refractivity contribution in [1.29, 1.82) is 0 Å². The van der Waals surface area contributed by atoms with Crippen LogP contribution in [0, 0.1) is 6.92 Å². The summed E-state index contributed by atoms with van der Waals surface area (Å²) in [6.45, 7) is 4.52. The summed E-state index contributed by atoms with van der Waals surface area (Å²) in [7, 11) is 1.59. The van der Waals surface area contributed by atoms with E-state index in [0.29, 0.717) is 28.9 Å². The molecule has 0 radical (unpaired) electrons. The Kier molecular flexibility index (Phi) is 9.31. The van der Waals surface area contributed by atoms with Crippen LogP contribution < -0.4 is 19.6 Å². The lowest BCUT2D eigenvalue weighted by atomic mass is 10.2. The Bertz CT molecular complexity index is 840. The zero-order valence-electron chi connectivity index (χ0n) is 17.0. The van der Waals surface area contributed by atoms with Crippen LogP contribution in [0.5, 0.6) is 17.2 Å². The van der Waals surface area contributed by atoms with E-state index < -0.39 is 0 Å². The topological polar surface area (TPSA) is 69.2 Å². The monoisotopic (exact) mass is 418 g/mol. The maximum Gasteiger partial charge on any atom is 0.277 e. The van der Waals surface area contributed by atoms with E-state index in [9.17, 15) is 4.79 Å². The maximum atomic E-state index is 11.9. The third kappa shape index (κ3) is 7.66. The molecule has 2 aromatic carbocycles. The number of ether oxygens (including phenoxy) is 3. The molecule has 0 saturated heterocycles. The van der Waals surface area contributed by atoms with Gasteiger partial charge in [0.2, 0.25) is 0 Å². The number of nitrogens with zero attached hydrogens (tertiary/aromatic N) is 1. The van der Waals surface area contributed by atoms with Crippen molar-refractivity contribution >= 4 is 23.7 Å². The van der Waals surface area contributed by atoms with Crippen molar-refractivity contribution in [2.45, 2.75) is 33.1 Å². The van der Waals surface area contributed by atoms with Crippen molar-refractivity contribution in [1.82, 2.24) is 5.43 Å². The number of rotatable bonds is 11. The van der Waals surface area contributed by atoms with Crippen LogP contribution in [0.2, 0.25) is 5.02 Å². The SMILES string of the molecule is CCCCCOc1ccc(C=NNC(=O)COc2ccc(Cl)cc2C)cc1OC. The Balaban J connectivity index is 1.84. The molecule has 7 heteroatoms. The van der Waals surface area contributed by atoms with Gasteiger partial charge in [0.15, 0.2) is 18.1 Å². The number of halogens is 1. The summed E-state index contributed by atoms with van der Waals surface area (Å²) >= 11 is 5.90. The van der Waals surface area contributed by atoms with E-state index in [4.69, 9.17) is 25.8 Å². The van der Waals surface area contributed by atoms with Gasteiger partial charge in [0.05, 0.1) is 19.9 Å². The van der Waals surface area contributed by atoms with Crippen LogP contribution in [0.15, 0.2) is 41.5 Å². The fourth-order valence-electron chi connectivity index (χ4n) is 2.55. The lowest BCUT2D eigenvalue weighted by Crippen LogP contribution is -2.24. The van der Waals surface area contributed by atoms with Gasteiger partial charge in [-0.2, -0.15) is 5.10 Å². The number of amides is 1. The van der Waals surface area contributed by atoms with Crippen LogP contribution in [0.25, 0.3) is 0 Å². The molecule has 0 aromatic heterocycles. The molecule has 6 nitrogen and oxygen atoms in total.